The number of carbonyl (C=O) groups excluding carboxylic acids is 1. The molecule has 7 nitrogen and oxygen atoms in total. The second-order valence-corrected chi connectivity index (χ2v) is 9.61. The van der Waals surface area contributed by atoms with Gasteiger partial charge in [-0.25, -0.2) is 18.2 Å². The standard InChI is InChI=1S/C18H23N3O4S/c1-18(2,3)25-17(22)21-10-6-7-13(12-21)26(23,24)16-11-19-14-8-4-5-9-15(14)20-16/h4-5,8-9,11,13H,6-7,10,12H2,1-3H3/t13-/m1/s1. The number of para-hydroxylation sites is 2. The lowest BCUT2D eigenvalue weighted by Gasteiger charge is -2.33. The maximum atomic E-state index is 13.0. The molecule has 0 bridgehead atoms. The van der Waals surface area contributed by atoms with Crippen LogP contribution in [0.5, 0.6) is 0 Å². The van der Waals surface area contributed by atoms with E-state index >= 15 is 0 Å². The Morgan fingerprint density at radius 2 is 1.92 bits per heavy atom. The highest BCUT2D eigenvalue weighted by molar-refractivity contribution is 7.92. The van der Waals surface area contributed by atoms with E-state index < -0.39 is 26.8 Å². The molecule has 0 N–H and O–H groups in total. The molecule has 1 amide bonds. The summed E-state index contributed by atoms with van der Waals surface area (Å²) in [5, 5.41) is -0.758. The molecule has 0 radical (unpaired) electrons. The van der Waals surface area contributed by atoms with E-state index in [0.29, 0.717) is 30.4 Å². The van der Waals surface area contributed by atoms with E-state index in [9.17, 15) is 13.2 Å². The lowest BCUT2D eigenvalue weighted by molar-refractivity contribution is 0.0219. The Morgan fingerprint density at radius 3 is 2.62 bits per heavy atom. The molecule has 2 aromatic rings. The van der Waals surface area contributed by atoms with Crippen LogP contribution in [-0.4, -0.2) is 53.3 Å². The van der Waals surface area contributed by atoms with Crippen molar-refractivity contribution in [3.63, 3.8) is 0 Å². The van der Waals surface area contributed by atoms with Crippen molar-refractivity contribution < 1.29 is 17.9 Å². The lowest BCUT2D eigenvalue weighted by atomic mass is 10.1. The van der Waals surface area contributed by atoms with Crippen molar-refractivity contribution in [3.8, 4) is 0 Å². The van der Waals surface area contributed by atoms with Gasteiger partial charge >= 0.3 is 6.09 Å². The number of hydrogen-bond donors (Lipinski definition) is 0. The molecule has 3 rings (SSSR count). The molecule has 1 atom stereocenters. The smallest absolute Gasteiger partial charge is 0.410 e. The predicted octanol–water partition coefficient (Wildman–Crippen LogP) is 2.80. The molecule has 1 saturated heterocycles. The predicted molar refractivity (Wildman–Crippen MR) is 97.6 cm³/mol. The van der Waals surface area contributed by atoms with E-state index in [0.717, 1.165) is 0 Å². The number of amides is 1. The van der Waals surface area contributed by atoms with Crippen LogP contribution in [0.4, 0.5) is 4.79 Å². The van der Waals surface area contributed by atoms with Gasteiger partial charge in [-0.1, -0.05) is 12.1 Å². The summed E-state index contributed by atoms with van der Waals surface area (Å²) in [6.45, 7) is 5.95. The summed E-state index contributed by atoms with van der Waals surface area (Å²) in [6, 6.07) is 7.13. The fraction of sp³-hybridized carbons (Fsp3) is 0.500. The van der Waals surface area contributed by atoms with Crippen molar-refractivity contribution in [2.45, 2.75) is 49.5 Å². The number of aromatic nitrogens is 2. The van der Waals surface area contributed by atoms with E-state index in [1.165, 1.54) is 11.1 Å². The van der Waals surface area contributed by atoms with Crippen LogP contribution >= 0.6 is 0 Å². The van der Waals surface area contributed by atoms with Crippen LogP contribution < -0.4 is 0 Å². The van der Waals surface area contributed by atoms with Gasteiger partial charge in [0, 0.05) is 13.1 Å². The van der Waals surface area contributed by atoms with Gasteiger partial charge in [0.25, 0.3) is 0 Å². The number of benzene rings is 1. The van der Waals surface area contributed by atoms with Crippen LogP contribution in [0, 0.1) is 0 Å². The largest absolute Gasteiger partial charge is 0.444 e. The third-order valence-corrected chi connectivity index (χ3v) is 6.23. The van der Waals surface area contributed by atoms with Gasteiger partial charge in [-0.3, -0.25) is 4.98 Å². The van der Waals surface area contributed by atoms with Crippen molar-refractivity contribution in [3.05, 3.63) is 30.5 Å². The van der Waals surface area contributed by atoms with Crippen LogP contribution in [0.3, 0.4) is 0 Å². The van der Waals surface area contributed by atoms with Crippen LogP contribution in [0.1, 0.15) is 33.6 Å². The highest BCUT2D eigenvalue weighted by Crippen LogP contribution is 2.24. The summed E-state index contributed by atoms with van der Waals surface area (Å²) in [5.41, 5.74) is 0.561. The minimum atomic E-state index is -3.69. The quantitative estimate of drug-likeness (QED) is 0.799. The molecule has 1 aromatic heterocycles. The van der Waals surface area contributed by atoms with Gasteiger partial charge in [0.15, 0.2) is 5.03 Å². The average molecular weight is 377 g/mol. The summed E-state index contributed by atoms with van der Waals surface area (Å²) in [6.07, 6.45) is 1.90. The maximum Gasteiger partial charge on any atom is 0.410 e. The second kappa shape index (κ2) is 6.83. The van der Waals surface area contributed by atoms with Crippen molar-refractivity contribution in [2.24, 2.45) is 0 Å². The summed E-state index contributed by atoms with van der Waals surface area (Å²) < 4.78 is 31.4. The van der Waals surface area contributed by atoms with Gasteiger partial charge in [-0.2, -0.15) is 0 Å². The Labute approximate surface area is 153 Å². The van der Waals surface area contributed by atoms with Crippen LogP contribution in [0.15, 0.2) is 35.5 Å². The number of ether oxygens (including phenoxy) is 1. The van der Waals surface area contributed by atoms with Gasteiger partial charge in [-0.15, -0.1) is 0 Å². The molecular formula is C18H23N3O4S. The SMILES string of the molecule is CC(C)(C)OC(=O)N1CCC[C@@H](S(=O)(=O)c2cnc3ccccc3n2)C1. The molecule has 1 fully saturated rings. The van der Waals surface area contributed by atoms with Gasteiger partial charge in [-0.05, 0) is 45.7 Å². The van der Waals surface area contributed by atoms with Crippen LogP contribution in [0.25, 0.3) is 11.0 Å². The number of likely N-dealkylation sites (tertiary alicyclic amines) is 1. The number of nitrogens with zero attached hydrogens (tertiary/aromatic N) is 3. The summed E-state index contributed by atoms with van der Waals surface area (Å²) in [5.74, 6) is 0. The fourth-order valence-electron chi connectivity index (χ4n) is 2.93. The number of hydrogen-bond acceptors (Lipinski definition) is 6. The molecule has 0 saturated carbocycles. The molecule has 2 heterocycles. The van der Waals surface area contributed by atoms with Crippen LogP contribution in [0.2, 0.25) is 0 Å². The minimum Gasteiger partial charge on any atom is -0.444 e. The second-order valence-electron chi connectivity index (χ2n) is 7.43. The molecule has 1 aromatic carbocycles. The van der Waals surface area contributed by atoms with E-state index in [1.54, 1.807) is 39.0 Å². The van der Waals surface area contributed by atoms with Gasteiger partial charge in [0.1, 0.15) is 5.60 Å². The fourth-order valence-corrected chi connectivity index (χ4v) is 4.55. The molecule has 1 aliphatic rings. The van der Waals surface area contributed by atoms with E-state index in [1.807, 2.05) is 6.07 Å². The number of sulfone groups is 1. The Bertz CT molecular complexity index is 921. The molecule has 0 aliphatic carbocycles. The Balaban J connectivity index is 1.82. The first-order valence-electron chi connectivity index (χ1n) is 8.60. The molecule has 140 valence electrons. The molecular weight excluding hydrogens is 354 g/mol. The Hall–Kier alpha value is -2.22. The van der Waals surface area contributed by atoms with Gasteiger partial charge in [0.05, 0.1) is 22.5 Å². The first-order chi connectivity index (χ1) is 12.2. The van der Waals surface area contributed by atoms with Gasteiger partial charge < -0.3 is 9.64 Å². The van der Waals surface area contributed by atoms with Crippen molar-refractivity contribution in [2.75, 3.05) is 13.1 Å². The topological polar surface area (TPSA) is 89.5 Å². The number of fused-ring (bicyclic) bond motifs is 1. The van der Waals surface area contributed by atoms with Gasteiger partial charge in [0.2, 0.25) is 9.84 Å². The summed E-state index contributed by atoms with van der Waals surface area (Å²) in [7, 11) is -3.69. The van der Waals surface area contributed by atoms with E-state index in [4.69, 9.17) is 4.74 Å². The van der Waals surface area contributed by atoms with Crippen molar-refractivity contribution >= 4 is 27.0 Å². The van der Waals surface area contributed by atoms with Crippen molar-refractivity contribution in [1.82, 2.24) is 14.9 Å². The zero-order valence-electron chi connectivity index (χ0n) is 15.2. The Morgan fingerprint density at radius 1 is 1.23 bits per heavy atom. The minimum absolute atomic E-state index is 0.0489. The molecule has 1 aliphatic heterocycles. The zero-order chi connectivity index (χ0) is 18.9. The molecule has 0 unspecified atom stereocenters. The molecule has 0 spiro atoms. The summed E-state index contributed by atoms with van der Waals surface area (Å²) in [4.78, 5) is 22.2. The molecule has 8 heteroatoms. The Kier molecular flexibility index (Phi) is 4.88. The third kappa shape index (κ3) is 3.95. The first kappa shape index (κ1) is 18.6. The monoisotopic (exact) mass is 377 g/mol. The van der Waals surface area contributed by atoms with E-state index in [2.05, 4.69) is 9.97 Å². The average Bonchev–Trinajstić information content (AvgIpc) is 2.60. The highest BCUT2D eigenvalue weighted by Gasteiger charge is 2.36. The maximum absolute atomic E-state index is 13.0. The van der Waals surface area contributed by atoms with E-state index in [-0.39, 0.29) is 11.6 Å². The highest BCUT2D eigenvalue weighted by atomic mass is 32.2. The number of piperidine rings is 1. The van der Waals surface area contributed by atoms with Crippen LogP contribution in [-0.2, 0) is 14.6 Å². The zero-order valence-corrected chi connectivity index (χ0v) is 16.0. The normalized spacial score (nSPS) is 18.7. The third-order valence-electron chi connectivity index (χ3n) is 4.19. The lowest BCUT2D eigenvalue weighted by Crippen LogP contribution is -2.47. The number of carbonyl (C=O) groups is 1. The molecule has 26 heavy (non-hydrogen) atoms. The first-order valence-corrected chi connectivity index (χ1v) is 10.1. The van der Waals surface area contributed by atoms with Crippen molar-refractivity contribution in [1.29, 1.82) is 0 Å². The summed E-state index contributed by atoms with van der Waals surface area (Å²) >= 11 is 0. The number of rotatable bonds is 2.